The third kappa shape index (κ3) is 4.32. The number of rotatable bonds is 6. The quantitative estimate of drug-likeness (QED) is 0.545. The van der Waals surface area contributed by atoms with E-state index in [1.54, 1.807) is 24.3 Å². The summed E-state index contributed by atoms with van der Waals surface area (Å²) < 4.78 is 1.95. The summed E-state index contributed by atoms with van der Waals surface area (Å²) in [4.78, 5) is 18.7. The second-order valence-electron chi connectivity index (χ2n) is 7.66. The van der Waals surface area contributed by atoms with E-state index in [-0.39, 0.29) is 11.7 Å². The fraction of sp³-hybridized carbons (Fsp3) is 0.348. The first-order valence-corrected chi connectivity index (χ1v) is 11.4. The number of hydrogen-bond acceptors (Lipinski definition) is 6. The summed E-state index contributed by atoms with van der Waals surface area (Å²) in [5.74, 6) is 0.820. The van der Waals surface area contributed by atoms with Crippen molar-refractivity contribution < 1.29 is 4.79 Å². The molecule has 0 bridgehead atoms. The van der Waals surface area contributed by atoms with Crippen molar-refractivity contribution in [2.45, 2.75) is 42.8 Å². The highest BCUT2D eigenvalue weighted by molar-refractivity contribution is 7.99. The number of nitriles is 1. The van der Waals surface area contributed by atoms with Gasteiger partial charge in [-0.1, -0.05) is 49.2 Å². The molecule has 0 N–H and O–H groups in total. The van der Waals surface area contributed by atoms with Crippen LogP contribution in [-0.2, 0) is 4.79 Å². The molecule has 1 aliphatic rings. The van der Waals surface area contributed by atoms with Crippen molar-refractivity contribution >= 4 is 17.7 Å². The van der Waals surface area contributed by atoms with Crippen LogP contribution in [0.2, 0.25) is 0 Å². The zero-order valence-corrected chi connectivity index (χ0v) is 18.3. The van der Waals surface area contributed by atoms with Crippen LogP contribution >= 0.6 is 11.8 Å². The number of para-hydroxylation sites is 1. The fourth-order valence-corrected chi connectivity index (χ4v) is 4.85. The molecule has 1 aliphatic carbocycles. The summed E-state index contributed by atoms with van der Waals surface area (Å²) in [6.45, 7) is 0. The Kier molecular flexibility index (Phi) is 6.33. The maximum atomic E-state index is 13.0. The monoisotopic (exact) mass is 432 g/mol. The summed E-state index contributed by atoms with van der Waals surface area (Å²) in [7, 11) is 1.75. The van der Waals surface area contributed by atoms with Crippen LogP contribution in [0.25, 0.3) is 17.1 Å². The molecule has 158 valence electrons. The van der Waals surface area contributed by atoms with Gasteiger partial charge >= 0.3 is 0 Å². The summed E-state index contributed by atoms with van der Waals surface area (Å²) >= 11 is 1.34. The zero-order chi connectivity index (χ0) is 21.7. The third-order valence-corrected chi connectivity index (χ3v) is 6.73. The summed E-state index contributed by atoms with van der Waals surface area (Å²) in [6.07, 6.45) is 8.00. The van der Waals surface area contributed by atoms with E-state index in [0.29, 0.717) is 11.0 Å². The Morgan fingerprint density at radius 2 is 1.84 bits per heavy atom. The van der Waals surface area contributed by atoms with Crippen LogP contribution in [0.1, 0.15) is 32.1 Å². The van der Waals surface area contributed by atoms with E-state index < -0.39 is 5.54 Å². The molecule has 8 heteroatoms. The van der Waals surface area contributed by atoms with Crippen molar-refractivity contribution in [2.75, 3.05) is 12.8 Å². The van der Waals surface area contributed by atoms with Crippen molar-refractivity contribution in [3.05, 3.63) is 54.9 Å². The number of aromatic nitrogens is 4. The fourth-order valence-electron chi connectivity index (χ4n) is 3.98. The van der Waals surface area contributed by atoms with Crippen LogP contribution in [0.15, 0.2) is 60.0 Å². The topological polar surface area (TPSA) is 87.7 Å². The van der Waals surface area contributed by atoms with Crippen LogP contribution in [-0.4, -0.2) is 48.9 Å². The van der Waals surface area contributed by atoms with E-state index in [0.717, 1.165) is 43.4 Å². The SMILES string of the molecule is CN(C(=O)CSc1nnc(-c2ccncc2)n1-c1ccccc1)C1(C#N)CCCCC1. The Morgan fingerprint density at radius 3 is 2.52 bits per heavy atom. The Hall–Kier alpha value is -3.18. The Morgan fingerprint density at radius 1 is 1.13 bits per heavy atom. The van der Waals surface area contributed by atoms with E-state index in [1.165, 1.54) is 11.8 Å². The molecule has 0 unspecified atom stereocenters. The Balaban J connectivity index is 1.58. The second-order valence-corrected chi connectivity index (χ2v) is 8.60. The van der Waals surface area contributed by atoms with Crippen molar-refractivity contribution in [3.63, 3.8) is 0 Å². The van der Waals surface area contributed by atoms with Gasteiger partial charge in [0.2, 0.25) is 5.91 Å². The molecule has 0 atom stereocenters. The van der Waals surface area contributed by atoms with Crippen LogP contribution < -0.4 is 0 Å². The van der Waals surface area contributed by atoms with Crippen molar-refractivity contribution in [2.24, 2.45) is 0 Å². The molecular formula is C23H24N6OS. The average molecular weight is 433 g/mol. The number of thioether (sulfide) groups is 1. The lowest BCUT2D eigenvalue weighted by atomic mass is 9.81. The number of pyridine rings is 1. The minimum absolute atomic E-state index is 0.0680. The van der Waals surface area contributed by atoms with Crippen LogP contribution in [0, 0.1) is 11.3 Å². The number of carbonyl (C=O) groups excluding carboxylic acids is 1. The third-order valence-electron chi connectivity index (χ3n) is 5.82. The van der Waals surface area contributed by atoms with E-state index >= 15 is 0 Å². The molecule has 3 aromatic rings. The predicted octanol–water partition coefficient (Wildman–Crippen LogP) is 4.11. The van der Waals surface area contributed by atoms with Crippen molar-refractivity contribution in [3.8, 4) is 23.1 Å². The van der Waals surface area contributed by atoms with Gasteiger partial charge in [-0.3, -0.25) is 14.3 Å². The molecule has 2 aromatic heterocycles. The van der Waals surface area contributed by atoms with Gasteiger partial charge in [-0.05, 0) is 37.1 Å². The highest BCUT2D eigenvalue weighted by Crippen LogP contribution is 2.33. The van der Waals surface area contributed by atoms with Crippen LogP contribution in [0.5, 0.6) is 0 Å². The first-order valence-electron chi connectivity index (χ1n) is 10.4. The smallest absolute Gasteiger partial charge is 0.234 e. The maximum absolute atomic E-state index is 13.0. The van der Waals surface area contributed by atoms with Crippen molar-refractivity contribution in [1.29, 1.82) is 5.26 Å². The first kappa shape index (κ1) is 21.1. The van der Waals surface area contributed by atoms with Crippen molar-refractivity contribution in [1.82, 2.24) is 24.6 Å². The summed E-state index contributed by atoms with van der Waals surface area (Å²) in [5.41, 5.74) is 1.13. The molecule has 1 fully saturated rings. The van der Waals surface area contributed by atoms with Gasteiger partial charge in [-0.25, -0.2) is 0 Å². The number of amides is 1. The highest BCUT2D eigenvalue weighted by Gasteiger charge is 2.38. The van der Waals surface area contributed by atoms with Gasteiger partial charge in [0.1, 0.15) is 5.54 Å². The molecule has 7 nitrogen and oxygen atoms in total. The Labute approximate surface area is 186 Å². The van der Waals surface area contributed by atoms with Gasteiger partial charge in [-0.2, -0.15) is 5.26 Å². The van der Waals surface area contributed by atoms with Crippen LogP contribution in [0.3, 0.4) is 0 Å². The average Bonchev–Trinajstić information content (AvgIpc) is 3.27. The molecule has 0 aliphatic heterocycles. The molecule has 0 radical (unpaired) electrons. The van der Waals surface area contributed by atoms with E-state index in [2.05, 4.69) is 21.3 Å². The molecule has 31 heavy (non-hydrogen) atoms. The van der Waals surface area contributed by atoms with Gasteiger partial charge in [0.05, 0.1) is 11.8 Å². The Bertz CT molecular complexity index is 1070. The number of nitrogens with zero attached hydrogens (tertiary/aromatic N) is 6. The molecule has 1 amide bonds. The molecule has 0 spiro atoms. The number of benzene rings is 1. The lowest BCUT2D eigenvalue weighted by Gasteiger charge is -2.39. The normalized spacial score (nSPS) is 15.2. The number of hydrogen-bond donors (Lipinski definition) is 0. The van der Waals surface area contributed by atoms with Gasteiger partial charge in [0.25, 0.3) is 0 Å². The van der Waals surface area contributed by atoms with E-state index in [4.69, 9.17) is 0 Å². The minimum atomic E-state index is -0.689. The predicted molar refractivity (Wildman–Crippen MR) is 120 cm³/mol. The molecule has 2 heterocycles. The highest BCUT2D eigenvalue weighted by atomic mass is 32.2. The molecule has 1 saturated carbocycles. The summed E-state index contributed by atoms with van der Waals surface area (Å²) in [5, 5.41) is 19.2. The van der Waals surface area contributed by atoms with Crippen LogP contribution in [0.4, 0.5) is 0 Å². The van der Waals surface area contributed by atoms with E-state index in [1.807, 2.05) is 47.0 Å². The second kappa shape index (κ2) is 9.31. The largest absolute Gasteiger partial charge is 0.326 e. The van der Waals surface area contributed by atoms with E-state index in [9.17, 15) is 10.1 Å². The summed E-state index contributed by atoms with van der Waals surface area (Å²) in [6, 6.07) is 16.0. The molecule has 1 aromatic carbocycles. The minimum Gasteiger partial charge on any atom is -0.326 e. The standard InChI is InChI=1S/C23H24N6OS/c1-28(23(17-24)12-6-3-7-13-23)20(30)16-31-22-27-26-21(18-10-14-25-15-11-18)29(22)19-8-4-2-5-9-19/h2,4-5,8-11,14-15H,3,6-7,12-13,16H2,1H3. The first-order chi connectivity index (χ1) is 15.1. The van der Waals surface area contributed by atoms with Gasteiger partial charge < -0.3 is 4.90 Å². The molecule has 0 saturated heterocycles. The lowest BCUT2D eigenvalue weighted by Crippen LogP contribution is -2.50. The number of carbonyl (C=O) groups is 1. The van der Waals surface area contributed by atoms with Gasteiger partial charge in [0, 0.05) is 30.7 Å². The zero-order valence-electron chi connectivity index (χ0n) is 17.4. The van der Waals surface area contributed by atoms with Gasteiger partial charge in [-0.15, -0.1) is 10.2 Å². The lowest BCUT2D eigenvalue weighted by molar-refractivity contribution is -0.131. The molecule has 4 rings (SSSR count). The maximum Gasteiger partial charge on any atom is 0.234 e. The van der Waals surface area contributed by atoms with Gasteiger partial charge in [0.15, 0.2) is 11.0 Å². The molecular weight excluding hydrogens is 408 g/mol.